The van der Waals surface area contributed by atoms with Gasteiger partial charge in [0.25, 0.3) is 0 Å². The maximum atomic E-state index is 12.4. The molecule has 0 saturated carbocycles. The van der Waals surface area contributed by atoms with E-state index >= 15 is 0 Å². The molecule has 0 bridgehead atoms. The number of thioether (sulfide) groups is 1. The van der Waals surface area contributed by atoms with Crippen molar-refractivity contribution in [3.05, 3.63) is 65.5 Å². The van der Waals surface area contributed by atoms with Crippen molar-refractivity contribution in [2.45, 2.75) is 18.5 Å². The lowest BCUT2D eigenvalue weighted by Crippen LogP contribution is -2.13. The van der Waals surface area contributed by atoms with Crippen LogP contribution in [0.15, 0.2) is 53.9 Å². The van der Waals surface area contributed by atoms with E-state index in [1.807, 2.05) is 28.8 Å². The van der Waals surface area contributed by atoms with Crippen LogP contribution in [0.2, 0.25) is 0 Å². The summed E-state index contributed by atoms with van der Waals surface area (Å²) in [7, 11) is 2.42. The molecule has 3 aromatic rings. The smallest absolute Gasteiger partial charge is 0.338 e. The fourth-order valence-electron chi connectivity index (χ4n) is 2.95. The number of hydrogen-bond acceptors (Lipinski definition) is 9. The van der Waals surface area contributed by atoms with Gasteiger partial charge in [-0.1, -0.05) is 36.9 Å². The number of aromatic nitrogens is 3. The average Bonchev–Trinajstić information content (AvgIpc) is 3.29. The van der Waals surface area contributed by atoms with Crippen LogP contribution in [0.1, 0.15) is 33.2 Å². The molecule has 0 fully saturated rings. The van der Waals surface area contributed by atoms with E-state index in [-0.39, 0.29) is 22.6 Å². The van der Waals surface area contributed by atoms with Crippen LogP contribution >= 0.6 is 11.8 Å². The summed E-state index contributed by atoms with van der Waals surface area (Å²) in [6.45, 7) is 2.05. The molecule has 3 rings (SSSR count). The first-order chi connectivity index (χ1) is 15.5. The lowest BCUT2D eigenvalue weighted by Gasteiger charge is -2.11. The van der Waals surface area contributed by atoms with Crippen LogP contribution in [-0.2, 0) is 20.7 Å². The number of ether oxygens (including phenoxy) is 3. The number of benzene rings is 2. The zero-order valence-electron chi connectivity index (χ0n) is 17.7. The zero-order valence-corrected chi connectivity index (χ0v) is 18.5. The van der Waals surface area contributed by atoms with Gasteiger partial charge >= 0.3 is 17.9 Å². The molecule has 1 heterocycles. The Morgan fingerprint density at radius 3 is 2.28 bits per heavy atom. The fourth-order valence-corrected chi connectivity index (χ4v) is 3.64. The third-order valence-electron chi connectivity index (χ3n) is 4.45. The fraction of sp³-hybridized carbons (Fsp3) is 0.227. The van der Waals surface area contributed by atoms with Crippen molar-refractivity contribution >= 4 is 29.7 Å². The van der Waals surface area contributed by atoms with Gasteiger partial charge in [0.1, 0.15) is 12.1 Å². The number of aryl methyl sites for hydroxylation is 1. The van der Waals surface area contributed by atoms with Crippen LogP contribution in [0.4, 0.5) is 0 Å². The summed E-state index contributed by atoms with van der Waals surface area (Å²) in [5.41, 5.74) is 2.17. The van der Waals surface area contributed by atoms with Gasteiger partial charge in [0, 0.05) is 0 Å². The number of methoxy groups -OCH3 is 2. The number of rotatable bonds is 8. The first-order valence-electron chi connectivity index (χ1n) is 9.60. The molecule has 10 heteroatoms. The van der Waals surface area contributed by atoms with Crippen molar-refractivity contribution < 1.29 is 28.6 Å². The summed E-state index contributed by atoms with van der Waals surface area (Å²) < 4.78 is 16.5. The summed E-state index contributed by atoms with van der Waals surface area (Å²) >= 11 is 1.16. The van der Waals surface area contributed by atoms with Gasteiger partial charge in [-0.15, -0.1) is 10.2 Å². The van der Waals surface area contributed by atoms with Gasteiger partial charge in [-0.05, 0) is 36.2 Å². The normalized spacial score (nSPS) is 10.5. The second kappa shape index (κ2) is 10.6. The van der Waals surface area contributed by atoms with Crippen molar-refractivity contribution in [1.82, 2.24) is 14.8 Å². The lowest BCUT2D eigenvalue weighted by atomic mass is 10.1. The Morgan fingerprint density at radius 2 is 1.66 bits per heavy atom. The molecular weight excluding hydrogens is 434 g/mol. The molecule has 2 aromatic carbocycles. The second-order valence-corrected chi connectivity index (χ2v) is 7.40. The van der Waals surface area contributed by atoms with Crippen LogP contribution in [0.3, 0.4) is 0 Å². The van der Waals surface area contributed by atoms with E-state index in [9.17, 15) is 14.4 Å². The molecule has 1 aromatic heterocycles. The Kier molecular flexibility index (Phi) is 7.61. The summed E-state index contributed by atoms with van der Waals surface area (Å²) in [5, 5.41) is 8.57. The number of para-hydroxylation sites is 1. The molecule has 0 unspecified atom stereocenters. The van der Waals surface area contributed by atoms with Crippen LogP contribution in [0.5, 0.6) is 5.75 Å². The standard InChI is InChI=1S/C22H21N3O6S/c1-4-14-7-5-6-8-18(14)25-13-23-24-22(25)32-12-19(26)31-17-10-15(20(27)29-2)9-16(11-17)21(28)30-3/h5-11,13H,4,12H2,1-3H3. The first-order valence-corrected chi connectivity index (χ1v) is 10.6. The number of hydrogen-bond donors (Lipinski definition) is 0. The van der Waals surface area contributed by atoms with E-state index in [0.717, 1.165) is 29.4 Å². The summed E-state index contributed by atoms with van der Waals surface area (Å²) in [4.78, 5) is 36.2. The van der Waals surface area contributed by atoms with Gasteiger partial charge in [-0.25, -0.2) is 9.59 Å². The molecule has 0 spiro atoms. The van der Waals surface area contributed by atoms with Crippen molar-refractivity contribution in [2.75, 3.05) is 20.0 Å². The Bertz CT molecular complexity index is 1110. The van der Waals surface area contributed by atoms with Gasteiger partial charge in [-0.3, -0.25) is 9.36 Å². The van der Waals surface area contributed by atoms with E-state index in [0.29, 0.717) is 5.16 Å². The Labute approximate surface area is 188 Å². The molecule has 0 aliphatic carbocycles. The summed E-state index contributed by atoms with van der Waals surface area (Å²) in [6, 6.07) is 11.8. The number of carbonyl (C=O) groups excluding carboxylic acids is 3. The average molecular weight is 455 g/mol. The number of nitrogens with zero attached hydrogens (tertiary/aromatic N) is 3. The Morgan fingerprint density at radius 1 is 1.00 bits per heavy atom. The van der Waals surface area contributed by atoms with Gasteiger partial charge in [0.2, 0.25) is 0 Å². The molecule has 0 atom stereocenters. The minimum absolute atomic E-state index is 0.0247. The number of carbonyl (C=O) groups is 3. The molecule has 0 amide bonds. The molecule has 9 nitrogen and oxygen atoms in total. The highest BCUT2D eigenvalue weighted by Gasteiger charge is 2.17. The SMILES string of the molecule is CCc1ccccc1-n1cnnc1SCC(=O)Oc1cc(C(=O)OC)cc(C(=O)OC)c1. The summed E-state index contributed by atoms with van der Waals surface area (Å²) in [5.74, 6) is -1.98. The zero-order chi connectivity index (χ0) is 23.1. The maximum absolute atomic E-state index is 12.4. The van der Waals surface area contributed by atoms with Gasteiger partial charge in [-0.2, -0.15) is 0 Å². The number of esters is 3. The second-order valence-electron chi connectivity index (χ2n) is 6.46. The highest BCUT2D eigenvalue weighted by Crippen LogP contribution is 2.24. The van der Waals surface area contributed by atoms with Crippen molar-refractivity contribution in [3.63, 3.8) is 0 Å². The third kappa shape index (κ3) is 5.33. The van der Waals surface area contributed by atoms with Gasteiger partial charge in [0.15, 0.2) is 5.16 Å². The van der Waals surface area contributed by atoms with Gasteiger partial charge in [0.05, 0.1) is 36.8 Å². The van der Waals surface area contributed by atoms with Crippen molar-refractivity contribution in [1.29, 1.82) is 0 Å². The highest BCUT2D eigenvalue weighted by molar-refractivity contribution is 7.99. The van der Waals surface area contributed by atoms with E-state index < -0.39 is 17.9 Å². The van der Waals surface area contributed by atoms with Crippen molar-refractivity contribution in [3.8, 4) is 11.4 Å². The lowest BCUT2D eigenvalue weighted by molar-refractivity contribution is -0.131. The first kappa shape index (κ1) is 23.0. The molecule has 0 saturated heterocycles. The van der Waals surface area contributed by atoms with Crippen LogP contribution in [0, 0.1) is 0 Å². The van der Waals surface area contributed by atoms with Crippen LogP contribution in [0.25, 0.3) is 5.69 Å². The van der Waals surface area contributed by atoms with E-state index in [4.69, 9.17) is 4.74 Å². The molecule has 0 aliphatic heterocycles. The predicted molar refractivity (Wildman–Crippen MR) is 116 cm³/mol. The Balaban J connectivity index is 1.74. The predicted octanol–water partition coefficient (Wildman–Crippen LogP) is 3.10. The maximum Gasteiger partial charge on any atom is 0.338 e. The molecule has 0 radical (unpaired) electrons. The van der Waals surface area contributed by atoms with Crippen LogP contribution in [-0.4, -0.2) is 52.6 Å². The van der Waals surface area contributed by atoms with Gasteiger partial charge < -0.3 is 14.2 Å². The highest BCUT2D eigenvalue weighted by atomic mass is 32.2. The molecule has 32 heavy (non-hydrogen) atoms. The Hall–Kier alpha value is -3.66. The topological polar surface area (TPSA) is 110 Å². The largest absolute Gasteiger partial charge is 0.465 e. The minimum atomic E-state index is -0.676. The molecular formula is C22H21N3O6S. The molecule has 0 N–H and O–H groups in total. The van der Waals surface area contributed by atoms with E-state index in [1.165, 1.54) is 32.4 Å². The monoisotopic (exact) mass is 455 g/mol. The molecule has 166 valence electrons. The summed E-state index contributed by atoms with van der Waals surface area (Å²) in [6.07, 6.45) is 2.42. The molecule has 0 aliphatic rings. The van der Waals surface area contributed by atoms with Crippen molar-refractivity contribution in [2.24, 2.45) is 0 Å². The van der Waals surface area contributed by atoms with E-state index in [2.05, 4.69) is 26.6 Å². The quantitative estimate of drug-likeness (QED) is 0.287. The third-order valence-corrected chi connectivity index (χ3v) is 5.36. The van der Waals surface area contributed by atoms with Crippen LogP contribution < -0.4 is 4.74 Å². The minimum Gasteiger partial charge on any atom is -0.465 e. The van der Waals surface area contributed by atoms with E-state index in [1.54, 1.807) is 6.33 Å².